The average molecular weight is 451 g/mol. The molecule has 0 aliphatic carbocycles. The number of carbonyl (C=O) groups excluding carboxylic acids is 1. The van der Waals surface area contributed by atoms with Crippen molar-refractivity contribution in [1.82, 2.24) is 0 Å². The van der Waals surface area contributed by atoms with Gasteiger partial charge in [-0.1, -0.05) is 11.6 Å². The van der Waals surface area contributed by atoms with Crippen molar-refractivity contribution in [3.8, 4) is 5.75 Å². The van der Waals surface area contributed by atoms with Crippen LogP contribution in [0.2, 0.25) is 5.02 Å². The number of alkyl halides is 3. The first-order valence-corrected chi connectivity index (χ1v) is 10.4. The highest BCUT2D eigenvalue weighted by molar-refractivity contribution is 7.92. The minimum Gasteiger partial charge on any atom is -0.495 e. The molecule has 0 heterocycles. The van der Waals surface area contributed by atoms with Gasteiger partial charge in [-0.05, 0) is 49.4 Å². The van der Waals surface area contributed by atoms with E-state index in [-0.39, 0.29) is 16.4 Å². The van der Waals surface area contributed by atoms with Crippen molar-refractivity contribution in [1.29, 1.82) is 0 Å². The number of sulfonamides is 1. The Morgan fingerprint density at radius 1 is 1.17 bits per heavy atom. The molecule has 0 aliphatic rings. The predicted molar refractivity (Wildman–Crippen MR) is 105 cm³/mol. The van der Waals surface area contributed by atoms with Gasteiger partial charge in [0.15, 0.2) is 0 Å². The summed E-state index contributed by atoms with van der Waals surface area (Å²) < 4.78 is 68.4. The lowest BCUT2D eigenvalue weighted by Gasteiger charge is -2.28. The summed E-state index contributed by atoms with van der Waals surface area (Å²) in [5.74, 6) is -0.409. The Morgan fingerprint density at radius 3 is 2.21 bits per heavy atom. The molecule has 2 aromatic rings. The summed E-state index contributed by atoms with van der Waals surface area (Å²) >= 11 is 6.05. The quantitative estimate of drug-likeness (QED) is 0.717. The van der Waals surface area contributed by atoms with E-state index in [0.29, 0.717) is 5.75 Å². The molecular weight excluding hydrogens is 433 g/mol. The van der Waals surface area contributed by atoms with Crippen LogP contribution in [0.5, 0.6) is 5.75 Å². The fourth-order valence-electron chi connectivity index (χ4n) is 2.59. The molecule has 2 rings (SSSR count). The summed E-state index contributed by atoms with van der Waals surface area (Å²) in [4.78, 5) is 12.6. The van der Waals surface area contributed by atoms with E-state index in [4.69, 9.17) is 16.3 Å². The normalized spacial score (nSPS) is 12.9. The van der Waals surface area contributed by atoms with Gasteiger partial charge in [0.1, 0.15) is 11.8 Å². The third-order valence-electron chi connectivity index (χ3n) is 3.96. The summed E-state index contributed by atoms with van der Waals surface area (Å²) in [6, 6.07) is 6.81. The summed E-state index contributed by atoms with van der Waals surface area (Å²) in [5, 5.41) is 2.56. The fourth-order valence-corrected chi connectivity index (χ4v) is 4.01. The van der Waals surface area contributed by atoms with Crippen LogP contribution in [0.25, 0.3) is 0 Å². The lowest BCUT2D eigenvalue weighted by molar-refractivity contribution is -0.137. The number of nitrogens with zero attached hydrogens (tertiary/aromatic N) is 1. The van der Waals surface area contributed by atoms with Crippen LogP contribution in [-0.4, -0.2) is 33.7 Å². The maximum absolute atomic E-state index is 12.6. The van der Waals surface area contributed by atoms with Gasteiger partial charge >= 0.3 is 6.18 Å². The first-order valence-electron chi connectivity index (χ1n) is 8.15. The van der Waals surface area contributed by atoms with Crippen LogP contribution in [0.1, 0.15) is 12.5 Å². The molecule has 11 heteroatoms. The second-order valence-electron chi connectivity index (χ2n) is 6.12. The van der Waals surface area contributed by atoms with E-state index >= 15 is 0 Å². The van der Waals surface area contributed by atoms with Crippen molar-refractivity contribution in [2.45, 2.75) is 19.1 Å². The molecule has 1 N–H and O–H groups in total. The molecule has 6 nitrogen and oxygen atoms in total. The molecular formula is C18H18ClF3N2O4S. The van der Waals surface area contributed by atoms with Crippen LogP contribution in [-0.2, 0) is 21.0 Å². The molecule has 2 aromatic carbocycles. The molecule has 158 valence electrons. The molecule has 0 bridgehead atoms. The van der Waals surface area contributed by atoms with Crippen LogP contribution in [0.3, 0.4) is 0 Å². The number of hydrogen-bond donors (Lipinski definition) is 1. The van der Waals surface area contributed by atoms with Gasteiger partial charge in [0.05, 0.1) is 29.6 Å². The van der Waals surface area contributed by atoms with Crippen LogP contribution in [0, 0.1) is 0 Å². The molecule has 0 saturated heterocycles. The number of rotatable bonds is 6. The van der Waals surface area contributed by atoms with E-state index in [2.05, 4.69) is 5.32 Å². The molecule has 1 amide bonds. The Kier molecular flexibility index (Phi) is 6.69. The van der Waals surface area contributed by atoms with Gasteiger partial charge in [-0.15, -0.1) is 0 Å². The molecule has 0 saturated carbocycles. The Morgan fingerprint density at radius 2 is 1.76 bits per heavy atom. The highest BCUT2D eigenvalue weighted by Gasteiger charge is 2.31. The van der Waals surface area contributed by atoms with Gasteiger partial charge in [0.25, 0.3) is 0 Å². The number of nitrogens with one attached hydrogen (secondary N) is 1. The minimum absolute atomic E-state index is 0.0936. The zero-order valence-corrected chi connectivity index (χ0v) is 17.2. The Labute approximate surface area is 171 Å². The Balaban J connectivity index is 2.28. The number of benzene rings is 2. The summed E-state index contributed by atoms with van der Waals surface area (Å²) in [6.07, 6.45) is -3.58. The maximum Gasteiger partial charge on any atom is 0.416 e. The average Bonchev–Trinajstić information content (AvgIpc) is 2.60. The third kappa shape index (κ3) is 5.54. The highest BCUT2D eigenvalue weighted by Crippen LogP contribution is 2.32. The second-order valence-corrected chi connectivity index (χ2v) is 8.38. The lowest BCUT2D eigenvalue weighted by atomic mass is 10.2. The number of halogens is 4. The number of hydrogen-bond acceptors (Lipinski definition) is 4. The Hall–Kier alpha value is -2.46. The summed E-state index contributed by atoms with van der Waals surface area (Å²) in [5.41, 5.74) is -0.640. The highest BCUT2D eigenvalue weighted by atomic mass is 35.5. The van der Waals surface area contributed by atoms with E-state index < -0.39 is 33.7 Å². The van der Waals surface area contributed by atoms with E-state index in [0.717, 1.165) is 34.8 Å². The van der Waals surface area contributed by atoms with Crippen molar-refractivity contribution >= 4 is 38.9 Å². The monoisotopic (exact) mass is 450 g/mol. The van der Waals surface area contributed by atoms with Crippen molar-refractivity contribution < 1.29 is 31.1 Å². The Bertz CT molecular complexity index is 995. The lowest BCUT2D eigenvalue weighted by Crippen LogP contribution is -2.45. The zero-order chi connectivity index (χ0) is 22.0. The minimum atomic E-state index is -4.50. The SMILES string of the molecule is COc1ccc(N([C@@H](C)C(=O)Nc2ccc(C(F)(F)F)cc2)S(C)(=O)=O)cc1Cl. The van der Waals surface area contributed by atoms with Crippen molar-refractivity contribution in [2.75, 3.05) is 23.0 Å². The molecule has 0 aromatic heterocycles. The van der Waals surface area contributed by atoms with Gasteiger partial charge in [-0.3, -0.25) is 9.10 Å². The van der Waals surface area contributed by atoms with Gasteiger partial charge < -0.3 is 10.1 Å². The predicted octanol–water partition coefficient (Wildman–Crippen LogP) is 4.16. The second kappa shape index (κ2) is 8.50. The van der Waals surface area contributed by atoms with E-state index in [9.17, 15) is 26.4 Å². The standard InChI is InChI=1S/C18H18ClF3N2O4S/c1-11(17(25)23-13-6-4-12(5-7-13)18(20,21)22)24(29(3,26)27)14-8-9-16(28-2)15(19)10-14/h4-11H,1-3H3,(H,23,25)/t11-/m0/s1. The molecule has 0 unspecified atom stereocenters. The number of amides is 1. The first kappa shape index (κ1) is 22.8. The van der Waals surface area contributed by atoms with Crippen molar-refractivity contribution in [3.63, 3.8) is 0 Å². The van der Waals surface area contributed by atoms with Crippen LogP contribution < -0.4 is 14.4 Å². The smallest absolute Gasteiger partial charge is 0.416 e. The largest absolute Gasteiger partial charge is 0.495 e. The molecule has 0 radical (unpaired) electrons. The molecule has 0 aliphatic heterocycles. The van der Waals surface area contributed by atoms with Gasteiger partial charge in [-0.2, -0.15) is 13.2 Å². The summed E-state index contributed by atoms with van der Waals surface area (Å²) in [6.45, 7) is 1.35. The molecule has 0 fully saturated rings. The van der Waals surface area contributed by atoms with E-state index in [1.54, 1.807) is 0 Å². The van der Waals surface area contributed by atoms with E-state index in [1.807, 2.05) is 0 Å². The van der Waals surface area contributed by atoms with Crippen molar-refractivity contribution in [2.24, 2.45) is 0 Å². The van der Waals surface area contributed by atoms with Gasteiger partial charge in [0, 0.05) is 5.69 Å². The number of carbonyl (C=O) groups is 1. The van der Waals surface area contributed by atoms with E-state index in [1.165, 1.54) is 32.2 Å². The topological polar surface area (TPSA) is 75.7 Å². The fraction of sp³-hybridized carbons (Fsp3) is 0.278. The van der Waals surface area contributed by atoms with Crippen LogP contribution in [0.4, 0.5) is 24.5 Å². The molecule has 1 atom stereocenters. The summed E-state index contributed by atoms with van der Waals surface area (Å²) in [7, 11) is -2.49. The maximum atomic E-state index is 12.6. The third-order valence-corrected chi connectivity index (χ3v) is 5.50. The number of anilines is 2. The first-order chi connectivity index (χ1) is 13.3. The van der Waals surface area contributed by atoms with Crippen LogP contribution in [0.15, 0.2) is 42.5 Å². The van der Waals surface area contributed by atoms with Gasteiger partial charge in [0.2, 0.25) is 15.9 Å². The zero-order valence-electron chi connectivity index (χ0n) is 15.6. The van der Waals surface area contributed by atoms with Crippen molar-refractivity contribution in [3.05, 3.63) is 53.1 Å². The molecule has 29 heavy (non-hydrogen) atoms. The molecule has 0 spiro atoms. The number of methoxy groups -OCH3 is 1. The number of ether oxygens (including phenoxy) is 1. The van der Waals surface area contributed by atoms with Gasteiger partial charge in [-0.25, -0.2) is 8.42 Å². The van der Waals surface area contributed by atoms with Crippen LogP contribution >= 0.6 is 11.6 Å².